The smallest absolute Gasteiger partial charge is 0.192 e. The van der Waals surface area contributed by atoms with E-state index in [1.807, 2.05) is 37.5 Å². The van der Waals surface area contributed by atoms with Crippen LogP contribution in [0.15, 0.2) is 54.2 Å². The van der Waals surface area contributed by atoms with E-state index >= 15 is 0 Å². The first-order valence-electron chi connectivity index (χ1n) is 9.55. The van der Waals surface area contributed by atoms with Crippen molar-refractivity contribution >= 4 is 17.5 Å². The van der Waals surface area contributed by atoms with Gasteiger partial charge in [-0.2, -0.15) is 0 Å². The Bertz CT molecular complexity index is 1080. The van der Waals surface area contributed by atoms with Crippen LogP contribution in [0.5, 0.6) is 5.75 Å². The Hall–Kier alpha value is -2.93. The zero-order valence-corrected chi connectivity index (χ0v) is 18.1. The molecule has 1 aromatic heterocycles. The number of nitrogens with zero attached hydrogens (tertiary/aromatic N) is 3. The van der Waals surface area contributed by atoms with E-state index < -0.39 is 5.82 Å². The third-order valence-corrected chi connectivity index (χ3v) is 5.74. The van der Waals surface area contributed by atoms with Crippen LogP contribution in [0.3, 0.4) is 0 Å². The van der Waals surface area contributed by atoms with Gasteiger partial charge < -0.3 is 4.74 Å². The number of rotatable bonds is 9. The zero-order chi connectivity index (χ0) is 21.7. The number of ketones is 1. The second kappa shape index (κ2) is 9.71. The molecule has 0 N–H and O–H groups in total. The molecule has 0 radical (unpaired) electrons. The summed E-state index contributed by atoms with van der Waals surface area (Å²) in [4.78, 5) is 12.8. The number of benzene rings is 2. The van der Waals surface area contributed by atoms with Crippen LogP contribution >= 0.6 is 11.8 Å². The van der Waals surface area contributed by atoms with E-state index in [0.29, 0.717) is 17.5 Å². The molecule has 30 heavy (non-hydrogen) atoms. The maximum atomic E-state index is 13.8. The molecule has 0 unspecified atom stereocenters. The lowest BCUT2D eigenvalue weighted by atomic mass is 9.99. The van der Waals surface area contributed by atoms with Gasteiger partial charge in [-0.3, -0.25) is 9.36 Å². The molecule has 0 spiro atoms. The molecule has 156 valence electrons. The molecule has 0 saturated carbocycles. The molecule has 0 aliphatic carbocycles. The molecule has 5 nitrogen and oxygen atoms in total. The van der Waals surface area contributed by atoms with Crippen molar-refractivity contribution in [1.29, 1.82) is 0 Å². The van der Waals surface area contributed by atoms with Gasteiger partial charge >= 0.3 is 0 Å². The first-order valence-corrected chi connectivity index (χ1v) is 10.5. The lowest BCUT2D eigenvalue weighted by Crippen LogP contribution is -2.10. The van der Waals surface area contributed by atoms with E-state index in [-0.39, 0.29) is 23.9 Å². The van der Waals surface area contributed by atoms with Crippen LogP contribution in [0, 0.1) is 26.6 Å². The molecule has 0 fully saturated rings. The SMILES string of the molecule is C=CCn1c(COc2ccccc2F)nnc1SCC(=O)c1cc(C)c(C)cc1C. The van der Waals surface area contributed by atoms with Gasteiger partial charge in [0.25, 0.3) is 0 Å². The second-order valence-corrected chi connectivity index (χ2v) is 7.92. The van der Waals surface area contributed by atoms with Crippen LogP contribution in [-0.4, -0.2) is 26.3 Å². The summed E-state index contributed by atoms with van der Waals surface area (Å²) in [6.45, 7) is 10.3. The van der Waals surface area contributed by atoms with Crippen LogP contribution in [-0.2, 0) is 13.2 Å². The van der Waals surface area contributed by atoms with Crippen LogP contribution in [0.25, 0.3) is 0 Å². The van der Waals surface area contributed by atoms with Gasteiger partial charge in [0.1, 0.15) is 6.61 Å². The number of ether oxygens (including phenoxy) is 1. The maximum absolute atomic E-state index is 13.8. The molecule has 0 saturated heterocycles. The van der Waals surface area contributed by atoms with Crippen LogP contribution < -0.4 is 4.74 Å². The van der Waals surface area contributed by atoms with Gasteiger partial charge in [0.15, 0.2) is 28.3 Å². The fraction of sp³-hybridized carbons (Fsp3) is 0.261. The quantitative estimate of drug-likeness (QED) is 0.272. The van der Waals surface area contributed by atoms with Crippen molar-refractivity contribution in [1.82, 2.24) is 14.8 Å². The minimum atomic E-state index is -0.434. The number of Topliss-reactive ketones (excluding diaryl/α,β-unsaturated/α-hetero) is 1. The summed E-state index contributed by atoms with van der Waals surface area (Å²) < 4.78 is 21.1. The molecule has 0 amide bonds. The van der Waals surface area contributed by atoms with Gasteiger partial charge in [0.2, 0.25) is 0 Å². The summed E-state index contributed by atoms with van der Waals surface area (Å²) in [5.74, 6) is 0.539. The van der Waals surface area contributed by atoms with Crippen molar-refractivity contribution in [3.8, 4) is 5.75 Å². The topological polar surface area (TPSA) is 57.0 Å². The van der Waals surface area contributed by atoms with Crippen LogP contribution in [0.1, 0.15) is 32.9 Å². The van der Waals surface area contributed by atoms with E-state index in [0.717, 1.165) is 16.7 Å². The largest absolute Gasteiger partial charge is 0.483 e. The fourth-order valence-corrected chi connectivity index (χ4v) is 3.87. The summed E-state index contributed by atoms with van der Waals surface area (Å²) in [5, 5.41) is 8.94. The first-order chi connectivity index (χ1) is 14.4. The average Bonchev–Trinajstić information content (AvgIpc) is 3.10. The molecule has 3 rings (SSSR count). The highest BCUT2D eigenvalue weighted by Gasteiger charge is 2.17. The fourth-order valence-electron chi connectivity index (χ4n) is 3.02. The number of aromatic nitrogens is 3. The number of halogens is 1. The van der Waals surface area contributed by atoms with E-state index in [9.17, 15) is 9.18 Å². The Kier molecular flexibility index (Phi) is 7.05. The van der Waals surface area contributed by atoms with E-state index in [4.69, 9.17) is 4.74 Å². The van der Waals surface area contributed by atoms with Crippen molar-refractivity contribution in [2.45, 2.75) is 39.1 Å². The van der Waals surface area contributed by atoms with Gasteiger partial charge in [-0.05, 0) is 55.7 Å². The molecule has 3 aromatic rings. The Morgan fingerprint density at radius 2 is 1.90 bits per heavy atom. The van der Waals surface area contributed by atoms with Gasteiger partial charge in [0.05, 0.1) is 5.75 Å². The summed E-state index contributed by atoms with van der Waals surface area (Å²) >= 11 is 1.32. The third kappa shape index (κ3) is 4.97. The highest BCUT2D eigenvalue weighted by atomic mass is 32.2. The number of carbonyl (C=O) groups excluding carboxylic acids is 1. The summed E-state index contributed by atoms with van der Waals surface area (Å²) in [6.07, 6.45) is 1.72. The van der Waals surface area contributed by atoms with Crippen molar-refractivity contribution in [3.63, 3.8) is 0 Å². The first kappa shape index (κ1) is 21.8. The van der Waals surface area contributed by atoms with Crippen LogP contribution in [0.2, 0.25) is 0 Å². The van der Waals surface area contributed by atoms with Gasteiger partial charge in [-0.15, -0.1) is 16.8 Å². The average molecular weight is 426 g/mol. The molecule has 1 heterocycles. The summed E-state index contributed by atoms with van der Waals surface area (Å²) in [6, 6.07) is 10.2. The Morgan fingerprint density at radius 1 is 1.17 bits per heavy atom. The van der Waals surface area contributed by atoms with Crippen molar-refractivity contribution in [3.05, 3.63) is 82.9 Å². The predicted molar refractivity (Wildman–Crippen MR) is 117 cm³/mol. The van der Waals surface area contributed by atoms with E-state index in [1.54, 1.807) is 24.3 Å². The lowest BCUT2D eigenvalue weighted by Gasteiger charge is -2.10. The van der Waals surface area contributed by atoms with Gasteiger partial charge in [-0.25, -0.2) is 4.39 Å². The minimum absolute atomic E-state index is 0.0397. The summed E-state index contributed by atoms with van der Waals surface area (Å²) in [7, 11) is 0. The third-order valence-electron chi connectivity index (χ3n) is 4.77. The Balaban J connectivity index is 1.72. The molecule has 2 aromatic carbocycles. The molecular weight excluding hydrogens is 401 g/mol. The normalized spacial score (nSPS) is 10.8. The van der Waals surface area contributed by atoms with Crippen molar-refractivity contribution in [2.75, 3.05) is 5.75 Å². The van der Waals surface area contributed by atoms with E-state index in [1.165, 1.54) is 23.4 Å². The standard InChI is InChI=1S/C23H24FN3O2S/c1-5-10-27-22(13-29-21-9-7-6-8-19(21)24)25-26-23(27)30-14-20(28)18-12-16(3)15(2)11-17(18)4/h5-9,11-12H,1,10,13-14H2,2-4H3. The van der Waals surface area contributed by atoms with Gasteiger partial charge in [-0.1, -0.05) is 36.0 Å². The summed E-state index contributed by atoms with van der Waals surface area (Å²) in [5.41, 5.74) is 3.96. The van der Waals surface area contributed by atoms with E-state index in [2.05, 4.69) is 16.8 Å². The van der Waals surface area contributed by atoms with Crippen molar-refractivity contribution < 1.29 is 13.9 Å². The molecular formula is C23H24FN3O2S. The molecule has 0 bridgehead atoms. The monoisotopic (exact) mass is 425 g/mol. The highest BCUT2D eigenvalue weighted by molar-refractivity contribution is 7.99. The molecule has 7 heteroatoms. The molecule has 0 aliphatic rings. The number of allylic oxidation sites excluding steroid dienone is 1. The van der Waals surface area contributed by atoms with Crippen molar-refractivity contribution in [2.24, 2.45) is 0 Å². The second-order valence-electron chi connectivity index (χ2n) is 6.98. The number of aryl methyl sites for hydroxylation is 3. The number of para-hydroxylation sites is 1. The minimum Gasteiger partial charge on any atom is -0.483 e. The van der Waals surface area contributed by atoms with Gasteiger partial charge in [0, 0.05) is 12.1 Å². The molecule has 0 atom stereocenters. The molecule has 0 aliphatic heterocycles. The maximum Gasteiger partial charge on any atom is 0.192 e. The zero-order valence-electron chi connectivity index (χ0n) is 17.3. The lowest BCUT2D eigenvalue weighted by molar-refractivity contribution is 0.102. The van der Waals surface area contributed by atoms with Crippen LogP contribution in [0.4, 0.5) is 4.39 Å². The Morgan fingerprint density at radius 3 is 2.63 bits per heavy atom. The predicted octanol–water partition coefficient (Wildman–Crippen LogP) is 5.08. The Labute approximate surface area is 180 Å². The number of hydrogen-bond donors (Lipinski definition) is 0. The number of carbonyl (C=O) groups is 1. The number of thioether (sulfide) groups is 1. The number of hydrogen-bond acceptors (Lipinski definition) is 5. The highest BCUT2D eigenvalue weighted by Crippen LogP contribution is 2.23.